The summed E-state index contributed by atoms with van der Waals surface area (Å²) in [5, 5.41) is 3.68. The molecule has 126 valence electrons. The first-order chi connectivity index (χ1) is 11.1. The molecule has 3 N–H and O–H groups in total. The molecule has 2 fully saturated rings. The summed E-state index contributed by atoms with van der Waals surface area (Å²) >= 11 is 0. The summed E-state index contributed by atoms with van der Waals surface area (Å²) in [5.74, 6) is 3.79. The summed E-state index contributed by atoms with van der Waals surface area (Å²) in [6, 6.07) is 0.627. The summed E-state index contributed by atoms with van der Waals surface area (Å²) in [4.78, 5) is 11.7. The third kappa shape index (κ3) is 2.80. The van der Waals surface area contributed by atoms with Crippen molar-refractivity contribution in [1.82, 2.24) is 15.3 Å². The molecule has 23 heavy (non-hydrogen) atoms. The van der Waals surface area contributed by atoms with E-state index in [9.17, 15) is 0 Å². The molecular weight excluding hydrogens is 286 g/mol. The van der Waals surface area contributed by atoms with Crippen LogP contribution in [0.1, 0.15) is 44.4 Å². The Kier molecular flexibility index (Phi) is 3.92. The molecule has 3 atom stereocenters. The van der Waals surface area contributed by atoms with Gasteiger partial charge >= 0.3 is 0 Å². The van der Waals surface area contributed by atoms with Gasteiger partial charge in [0, 0.05) is 24.7 Å². The van der Waals surface area contributed by atoms with Gasteiger partial charge in [-0.2, -0.15) is 4.98 Å². The van der Waals surface area contributed by atoms with Gasteiger partial charge in [0.1, 0.15) is 5.82 Å². The number of nitrogens with one attached hydrogen (secondary N) is 1. The zero-order valence-corrected chi connectivity index (χ0v) is 14.4. The topological polar surface area (TPSA) is 67.1 Å². The fourth-order valence-corrected chi connectivity index (χ4v) is 4.69. The maximum Gasteiger partial charge on any atom is 0.222 e. The minimum atomic E-state index is 0.450. The Hall–Kier alpha value is -1.36. The van der Waals surface area contributed by atoms with Gasteiger partial charge in [-0.1, -0.05) is 13.8 Å². The van der Waals surface area contributed by atoms with Crippen molar-refractivity contribution in [3.8, 4) is 0 Å². The van der Waals surface area contributed by atoms with E-state index in [1.54, 1.807) is 0 Å². The summed E-state index contributed by atoms with van der Waals surface area (Å²) in [6.45, 7) is 7.99. The molecule has 0 aromatic carbocycles. The van der Waals surface area contributed by atoms with Crippen LogP contribution in [0.5, 0.6) is 0 Å². The fourth-order valence-electron chi connectivity index (χ4n) is 4.69. The van der Waals surface area contributed by atoms with Crippen molar-refractivity contribution in [3.05, 3.63) is 11.3 Å². The van der Waals surface area contributed by atoms with E-state index in [1.165, 1.54) is 30.5 Å². The molecule has 4 rings (SSSR count). The van der Waals surface area contributed by atoms with Crippen LogP contribution >= 0.6 is 0 Å². The van der Waals surface area contributed by atoms with Crippen molar-refractivity contribution in [2.24, 2.45) is 17.8 Å². The minimum Gasteiger partial charge on any atom is -0.368 e. The highest BCUT2D eigenvalue weighted by molar-refractivity contribution is 5.54. The lowest BCUT2D eigenvalue weighted by atomic mass is 9.80. The number of rotatable bonds is 2. The van der Waals surface area contributed by atoms with E-state index in [1.807, 2.05) is 0 Å². The molecule has 0 radical (unpaired) electrons. The van der Waals surface area contributed by atoms with Gasteiger partial charge in [0.15, 0.2) is 0 Å². The quantitative estimate of drug-likeness (QED) is 0.874. The Morgan fingerprint density at radius 1 is 1.22 bits per heavy atom. The number of nitrogens with zero attached hydrogens (tertiary/aromatic N) is 3. The first-order valence-corrected chi connectivity index (χ1v) is 9.25. The van der Waals surface area contributed by atoms with E-state index in [4.69, 9.17) is 5.73 Å². The Bertz CT molecular complexity index is 571. The summed E-state index contributed by atoms with van der Waals surface area (Å²) in [7, 11) is 0. The average Bonchev–Trinajstić information content (AvgIpc) is 2.97. The predicted octanol–water partition coefficient (Wildman–Crippen LogP) is 2.01. The Labute approximate surface area is 139 Å². The minimum absolute atomic E-state index is 0.450. The molecule has 0 saturated carbocycles. The number of anilines is 2. The first-order valence-electron chi connectivity index (χ1n) is 9.25. The molecule has 5 heteroatoms. The number of fused-ring (bicyclic) bond motifs is 2. The molecule has 0 spiro atoms. The first kappa shape index (κ1) is 15.2. The van der Waals surface area contributed by atoms with Gasteiger partial charge in [-0.05, 0) is 56.4 Å². The van der Waals surface area contributed by atoms with Crippen LogP contribution in [-0.4, -0.2) is 35.6 Å². The molecule has 0 amide bonds. The van der Waals surface area contributed by atoms with E-state index >= 15 is 0 Å². The molecule has 5 nitrogen and oxygen atoms in total. The zero-order chi connectivity index (χ0) is 16.0. The largest absolute Gasteiger partial charge is 0.368 e. The van der Waals surface area contributed by atoms with Crippen molar-refractivity contribution in [3.63, 3.8) is 0 Å². The summed E-state index contributed by atoms with van der Waals surface area (Å²) in [5.41, 5.74) is 8.63. The van der Waals surface area contributed by atoms with Crippen molar-refractivity contribution in [1.29, 1.82) is 0 Å². The second-order valence-corrected chi connectivity index (χ2v) is 7.95. The van der Waals surface area contributed by atoms with Crippen LogP contribution in [-0.2, 0) is 12.8 Å². The van der Waals surface area contributed by atoms with E-state index in [2.05, 4.69) is 34.0 Å². The average molecular weight is 315 g/mol. The molecule has 3 heterocycles. The standard InChI is InChI=1S/C18H29N5/c1-11(2)12-5-6-14-15(8-12)21-18(19)22-17(14)23-9-13-4-3-7-20-16(13)10-23/h11-13,16,20H,3-10H2,1-2H3,(H2,19,21,22)/t12?,13-,16+/m1/s1. The van der Waals surface area contributed by atoms with Gasteiger partial charge in [-0.3, -0.25) is 0 Å². The molecule has 0 bridgehead atoms. The monoisotopic (exact) mass is 315 g/mol. The Balaban J connectivity index is 1.62. The maximum atomic E-state index is 6.05. The molecule has 1 aromatic rings. The van der Waals surface area contributed by atoms with Crippen molar-refractivity contribution in [2.75, 3.05) is 30.3 Å². The second kappa shape index (κ2) is 5.93. The van der Waals surface area contributed by atoms with Crippen LogP contribution in [0.25, 0.3) is 0 Å². The van der Waals surface area contributed by atoms with E-state index in [-0.39, 0.29) is 0 Å². The number of piperidine rings is 1. The summed E-state index contributed by atoms with van der Waals surface area (Å²) in [6.07, 6.45) is 6.06. The van der Waals surface area contributed by atoms with E-state index < -0.39 is 0 Å². The van der Waals surface area contributed by atoms with E-state index in [0.717, 1.165) is 50.1 Å². The predicted molar refractivity (Wildman–Crippen MR) is 93.5 cm³/mol. The number of hydrogen-bond donors (Lipinski definition) is 2. The van der Waals surface area contributed by atoms with Crippen LogP contribution < -0.4 is 16.0 Å². The number of hydrogen-bond acceptors (Lipinski definition) is 5. The molecule has 1 aromatic heterocycles. The van der Waals surface area contributed by atoms with Gasteiger partial charge in [0.25, 0.3) is 0 Å². The highest BCUT2D eigenvalue weighted by atomic mass is 15.3. The fraction of sp³-hybridized carbons (Fsp3) is 0.778. The number of nitrogens with two attached hydrogens (primary N) is 1. The normalized spacial score (nSPS) is 30.4. The third-order valence-electron chi connectivity index (χ3n) is 6.15. The highest BCUT2D eigenvalue weighted by Crippen LogP contribution is 2.36. The van der Waals surface area contributed by atoms with Crippen LogP contribution in [0, 0.1) is 17.8 Å². The lowest BCUT2D eigenvalue weighted by molar-refractivity contribution is 0.338. The zero-order valence-electron chi connectivity index (χ0n) is 14.4. The maximum absolute atomic E-state index is 6.05. The van der Waals surface area contributed by atoms with Gasteiger partial charge in [0.05, 0.1) is 5.69 Å². The molecule has 2 aliphatic heterocycles. The van der Waals surface area contributed by atoms with Crippen LogP contribution in [0.4, 0.5) is 11.8 Å². The molecule has 1 unspecified atom stereocenters. The van der Waals surface area contributed by atoms with Crippen LogP contribution in [0.2, 0.25) is 0 Å². The Morgan fingerprint density at radius 3 is 2.87 bits per heavy atom. The highest BCUT2D eigenvalue weighted by Gasteiger charge is 2.37. The lowest BCUT2D eigenvalue weighted by Crippen LogP contribution is -2.40. The number of aromatic nitrogens is 2. The van der Waals surface area contributed by atoms with Crippen molar-refractivity contribution in [2.45, 2.75) is 52.0 Å². The SMILES string of the molecule is CC(C)C1CCc2c(nc(N)nc2N2C[C@H]3CCCN[C@H]3C2)C1. The van der Waals surface area contributed by atoms with Crippen LogP contribution in [0.3, 0.4) is 0 Å². The lowest BCUT2D eigenvalue weighted by Gasteiger charge is -2.30. The second-order valence-electron chi connectivity index (χ2n) is 7.95. The number of nitrogen functional groups attached to an aromatic ring is 1. The van der Waals surface area contributed by atoms with Gasteiger partial charge < -0.3 is 16.0 Å². The van der Waals surface area contributed by atoms with Crippen LogP contribution in [0.15, 0.2) is 0 Å². The van der Waals surface area contributed by atoms with Gasteiger partial charge in [0.2, 0.25) is 5.95 Å². The molecule has 1 aliphatic carbocycles. The Morgan fingerprint density at radius 2 is 2.09 bits per heavy atom. The molecule has 3 aliphatic rings. The molecular formula is C18H29N5. The van der Waals surface area contributed by atoms with Crippen molar-refractivity contribution < 1.29 is 0 Å². The summed E-state index contributed by atoms with van der Waals surface area (Å²) < 4.78 is 0. The smallest absolute Gasteiger partial charge is 0.222 e. The van der Waals surface area contributed by atoms with Crippen molar-refractivity contribution >= 4 is 11.8 Å². The van der Waals surface area contributed by atoms with Gasteiger partial charge in [-0.15, -0.1) is 0 Å². The van der Waals surface area contributed by atoms with Gasteiger partial charge in [-0.25, -0.2) is 4.98 Å². The van der Waals surface area contributed by atoms with E-state index in [0.29, 0.717) is 17.9 Å². The molecule has 2 saturated heterocycles. The third-order valence-corrected chi connectivity index (χ3v) is 6.15.